The van der Waals surface area contributed by atoms with Crippen molar-refractivity contribution in [2.75, 3.05) is 0 Å². The summed E-state index contributed by atoms with van der Waals surface area (Å²) in [4.78, 5) is 5.63. The van der Waals surface area contributed by atoms with Gasteiger partial charge in [0.15, 0.2) is 8.25 Å². The lowest BCUT2D eigenvalue weighted by atomic mass is 10.1. The Morgan fingerprint density at radius 1 is 0.840 bits per heavy atom. The van der Waals surface area contributed by atoms with Crippen LogP contribution in [0.4, 0.5) is 0 Å². The average Bonchev–Trinajstić information content (AvgIpc) is 3.09. The van der Waals surface area contributed by atoms with Crippen LogP contribution in [0.2, 0.25) is 0 Å². The summed E-state index contributed by atoms with van der Waals surface area (Å²) in [7, 11) is 0. The molecule has 0 N–H and O–H groups in total. The molecule has 0 aromatic heterocycles. The van der Waals surface area contributed by atoms with E-state index in [4.69, 9.17) is 4.84 Å². The smallest absolute Gasteiger partial charge is 0.168 e. The highest BCUT2D eigenvalue weighted by Crippen LogP contribution is 2.39. The first-order valence-electron chi connectivity index (χ1n) is 7.59. The second-order valence-electron chi connectivity index (χ2n) is 5.36. The van der Waals surface area contributed by atoms with Crippen LogP contribution in [0.15, 0.2) is 65.9 Å². The Hall–Kier alpha value is -1.21. The Labute approximate surface area is 172 Å². The highest BCUT2D eigenvalue weighted by atomic mass is 80.0. The molecule has 25 heavy (non-hydrogen) atoms. The van der Waals surface area contributed by atoms with E-state index in [0.29, 0.717) is 0 Å². The van der Waals surface area contributed by atoms with Crippen LogP contribution in [-0.4, -0.2) is 19.6 Å². The molecule has 2 aromatic rings. The fourth-order valence-electron chi connectivity index (χ4n) is 2.14. The molecule has 128 valence electrons. The molecular formula is C19H15Br3N2O. The molecule has 0 saturated heterocycles. The molecule has 0 saturated carbocycles. The van der Waals surface area contributed by atoms with E-state index in [-0.39, 0.29) is 6.10 Å². The molecule has 1 heterocycles. The third kappa shape index (κ3) is 5.64. The number of halogens is 3. The number of hydrazone groups is 1. The maximum Gasteiger partial charge on any atom is 0.168 e. The molecule has 0 amide bonds. The van der Waals surface area contributed by atoms with Crippen LogP contribution in [-0.2, 0) is 4.84 Å². The third-order valence-corrected chi connectivity index (χ3v) is 4.81. The quantitative estimate of drug-likeness (QED) is 0.346. The molecule has 3 rings (SSSR count). The SMILES string of the molecule is BrC(Br)(Br)C1C=NN(C=Cc2ccc(C=Cc3ccccc3)cc2)O1. The number of hydroxylamine groups is 1. The Morgan fingerprint density at radius 3 is 1.96 bits per heavy atom. The second kappa shape index (κ2) is 8.45. The Bertz CT molecular complexity index is 781. The summed E-state index contributed by atoms with van der Waals surface area (Å²) in [6.45, 7) is 0. The van der Waals surface area contributed by atoms with Gasteiger partial charge in [-0.2, -0.15) is 5.10 Å². The van der Waals surface area contributed by atoms with E-state index in [1.165, 1.54) is 10.7 Å². The highest BCUT2D eigenvalue weighted by Gasteiger charge is 2.35. The topological polar surface area (TPSA) is 24.8 Å². The first kappa shape index (κ1) is 18.6. The molecule has 6 heteroatoms. The molecule has 0 bridgehead atoms. The van der Waals surface area contributed by atoms with E-state index >= 15 is 0 Å². The van der Waals surface area contributed by atoms with E-state index in [9.17, 15) is 0 Å². The first-order chi connectivity index (χ1) is 12.0. The summed E-state index contributed by atoms with van der Waals surface area (Å²) < 4.78 is -0.522. The van der Waals surface area contributed by atoms with Crippen molar-refractivity contribution in [3.05, 3.63) is 77.5 Å². The molecule has 3 nitrogen and oxygen atoms in total. The summed E-state index contributed by atoms with van der Waals surface area (Å²) in [5.74, 6) is 0. The van der Waals surface area contributed by atoms with Crippen molar-refractivity contribution in [1.82, 2.24) is 5.17 Å². The number of benzene rings is 2. The molecule has 0 radical (unpaired) electrons. The third-order valence-electron chi connectivity index (χ3n) is 3.46. The molecular weight excluding hydrogens is 512 g/mol. The molecule has 2 aromatic carbocycles. The van der Waals surface area contributed by atoms with Crippen molar-refractivity contribution in [1.29, 1.82) is 0 Å². The van der Waals surface area contributed by atoms with Crippen LogP contribution >= 0.6 is 47.8 Å². The lowest BCUT2D eigenvalue weighted by molar-refractivity contribution is -0.114. The van der Waals surface area contributed by atoms with Crippen LogP contribution in [0.3, 0.4) is 0 Å². The van der Waals surface area contributed by atoms with Gasteiger partial charge in [0.05, 0.1) is 12.4 Å². The molecule has 0 fully saturated rings. The molecule has 0 aliphatic carbocycles. The average molecular weight is 527 g/mol. The molecule has 1 atom stereocenters. The van der Waals surface area contributed by atoms with Gasteiger partial charge >= 0.3 is 0 Å². The lowest BCUT2D eigenvalue weighted by Crippen LogP contribution is -2.27. The van der Waals surface area contributed by atoms with Crippen LogP contribution in [0.25, 0.3) is 18.2 Å². The fourth-order valence-corrected chi connectivity index (χ4v) is 2.75. The first-order valence-corrected chi connectivity index (χ1v) is 9.97. The predicted octanol–water partition coefficient (Wildman–Crippen LogP) is 6.27. The highest BCUT2D eigenvalue weighted by molar-refractivity contribution is 9.39. The molecule has 0 spiro atoms. The van der Waals surface area contributed by atoms with Gasteiger partial charge in [-0.05, 0) is 22.8 Å². The Kier molecular flexibility index (Phi) is 6.28. The van der Waals surface area contributed by atoms with Crippen LogP contribution < -0.4 is 0 Å². The molecule has 1 unspecified atom stereocenters. The number of alkyl halides is 3. The minimum absolute atomic E-state index is 0.248. The van der Waals surface area contributed by atoms with Crippen molar-refractivity contribution in [2.45, 2.75) is 8.25 Å². The van der Waals surface area contributed by atoms with Gasteiger partial charge in [-0.25, -0.2) is 4.84 Å². The van der Waals surface area contributed by atoms with E-state index in [1.54, 1.807) is 12.4 Å². The van der Waals surface area contributed by atoms with Crippen LogP contribution in [0, 0.1) is 0 Å². The zero-order valence-electron chi connectivity index (χ0n) is 13.1. The summed E-state index contributed by atoms with van der Waals surface area (Å²) in [6.07, 6.45) is 9.39. The summed E-state index contributed by atoms with van der Waals surface area (Å²) in [6, 6.07) is 18.5. The maximum atomic E-state index is 5.63. The van der Waals surface area contributed by atoms with Crippen LogP contribution in [0.5, 0.6) is 0 Å². The van der Waals surface area contributed by atoms with Gasteiger partial charge in [0, 0.05) is 0 Å². The van der Waals surface area contributed by atoms with Gasteiger partial charge < -0.3 is 0 Å². The zero-order valence-corrected chi connectivity index (χ0v) is 17.9. The second-order valence-corrected chi connectivity index (χ2v) is 12.3. The number of rotatable bonds is 4. The van der Waals surface area contributed by atoms with Gasteiger partial charge in [0.2, 0.25) is 0 Å². The zero-order chi connectivity index (χ0) is 17.7. The fraction of sp³-hybridized carbons (Fsp3) is 0.105. The lowest BCUT2D eigenvalue weighted by Gasteiger charge is -2.18. The largest absolute Gasteiger partial charge is 0.240 e. The number of hydrogen-bond donors (Lipinski definition) is 0. The van der Waals surface area contributed by atoms with Crippen molar-refractivity contribution in [2.24, 2.45) is 5.10 Å². The van der Waals surface area contributed by atoms with Crippen LogP contribution in [0.1, 0.15) is 16.7 Å². The van der Waals surface area contributed by atoms with Gasteiger partial charge in [0.1, 0.15) is 0 Å². The summed E-state index contributed by atoms with van der Waals surface area (Å²) in [5, 5.41) is 5.61. The van der Waals surface area contributed by atoms with Crippen molar-refractivity contribution >= 4 is 72.2 Å². The van der Waals surface area contributed by atoms with Gasteiger partial charge in [-0.15, -0.1) is 5.17 Å². The van der Waals surface area contributed by atoms with Crippen molar-refractivity contribution in [3.8, 4) is 0 Å². The van der Waals surface area contributed by atoms with Crippen molar-refractivity contribution < 1.29 is 4.84 Å². The number of hydrogen-bond acceptors (Lipinski definition) is 3. The minimum atomic E-state index is -0.522. The van der Waals surface area contributed by atoms with E-state index < -0.39 is 2.14 Å². The van der Waals surface area contributed by atoms with E-state index in [2.05, 4.69) is 101 Å². The standard InChI is InChI=1S/C19H15Br3N2O/c20-19(21,22)18-14-23-24(25-18)13-12-17-10-8-16(9-11-17)7-6-15-4-2-1-3-5-15/h1-14,18H. The Morgan fingerprint density at radius 2 is 1.40 bits per heavy atom. The minimum Gasteiger partial charge on any atom is -0.240 e. The van der Waals surface area contributed by atoms with Gasteiger partial charge in [-0.3, -0.25) is 0 Å². The van der Waals surface area contributed by atoms with Gasteiger partial charge in [0.25, 0.3) is 0 Å². The molecule has 1 aliphatic rings. The van der Waals surface area contributed by atoms with E-state index in [0.717, 1.165) is 11.1 Å². The van der Waals surface area contributed by atoms with Crippen molar-refractivity contribution in [3.63, 3.8) is 0 Å². The number of nitrogens with zero attached hydrogens (tertiary/aromatic N) is 2. The Balaban J connectivity index is 1.58. The maximum absolute atomic E-state index is 5.63. The molecule has 1 aliphatic heterocycles. The summed E-state index contributed by atoms with van der Waals surface area (Å²) in [5.41, 5.74) is 3.41. The normalized spacial score (nSPS) is 17.9. The monoisotopic (exact) mass is 524 g/mol. The van der Waals surface area contributed by atoms with E-state index in [1.807, 2.05) is 24.3 Å². The van der Waals surface area contributed by atoms with Gasteiger partial charge in [-0.1, -0.05) is 115 Å². The predicted molar refractivity (Wildman–Crippen MR) is 116 cm³/mol. The summed E-state index contributed by atoms with van der Waals surface area (Å²) >= 11 is 10.3.